The van der Waals surface area contributed by atoms with Crippen LogP contribution >= 0.6 is 27.1 Å². The normalized spacial score (nSPS) is 18.6. The molecule has 2 aromatic rings. The molecular weight excluding hydrogens is 882 g/mol. The second kappa shape index (κ2) is 29.1. The number of methoxy groups -OCH3 is 4. The quantitative estimate of drug-likeness (QED) is 0.0447. The molecule has 0 aromatic heterocycles. The summed E-state index contributed by atoms with van der Waals surface area (Å²) in [5.41, 5.74) is 0.347. The van der Waals surface area contributed by atoms with Gasteiger partial charge in [0, 0.05) is 58.3 Å². The molecule has 0 amide bonds. The third-order valence-corrected chi connectivity index (χ3v) is 12.6. The van der Waals surface area contributed by atoms with Crippen LogP contribution in [0.1, 0.15) is 92.4 Å². The molecule has 0 bridgehead atoms. The molecule has 0 spiro atoms. The number of rotatable bonds is 29. The molecule has 3 rings (SSSR count). The molecule has 1 fully saturated rings. The third kappa shape index (κ3) is 24.0. The van der Waals surface area contributed by atoms with E-state index >= 15 is 0 Å². The van der Waals surface area contributed by atoms with Gasteiger partial charge in [-0.25, -0.2) is 19.3 Å². The SMILES string of the molecule is CCOCC(C)CNP(=O)(OCCOc1ccc(C(OC)OC)c(Cl)c1)OC(C)(C)C.COCCC(C)NP(=O)(OCCOCC1COC(c2ccc(OC)cc2)O1)OC(C)(C)C. The highest BCUT2D eigenvalue weighted by Crippen LogP contribution is 2.49. The molecule has 17 nitrogen and oxygen atoms in total. The van der Waals surface area contributed by atoms with Gasteiger partial charge in [0.1, 0.15) is 24.2 Å². The summed E-state index contributed by atoms with van der Waals surface area (Å²) in [5, 5.41) is 6.36. The fourth-order valence-electron chi connectivity index (χ4n) is 5.55. The van der Waals surface area contributed by atoms with Crippen LogP contribution < -0.4 is 19.6 Å². The van der Waals surface area contributed by atoms with Crippen molar-refractivity contribution in [2.45, 2.75) is 105 Å². The van der Waals surface area contributed by atoms with Gasteiger partial charge in [-0.3, -0.25) is 18.1 Å². The van der Waals surface area contributed by atoms with Crippen molar-refractivity contribution in [1.82, 2.24) is 10.2 Å². The minimum atomic E-state index is -3.53. The fraction of sp³-hybridized carbons (Fsp3) is 0.721. The predicted molar refractivity (Wildman–Crippen MR) is 243 cm³/mol. The highest BCUT2D eigenvalue weighted by Gasteiger charge is 2.34. The Morgan fingerprint density at radius 3 is 2.02 bits per heavy atom. The lowest BCUT2D eigenvalue weighted by molar-refractivity contribution is -0.105. The Hall–Kier alpha value is -1.73. The zero-order valence-corrected chi connectivity index (χ0v) is 42.1. The van der Waals surface area contributed by atoms with Crippen molar-refractivity contribution in [3.05, 3.63) is 58.6 Å². The number of hydrogen-bond acceptors (Lipinski definition) is 15. The first-order chi connectivity index (χ1) is 29.7. The van der Waals surface area contributed by atoms with Gasteiger partial charge in [0.2, 0.25) is 0 Å². The van der Waals surface area contributed by atoms with E-state index in [1.165, 1.54) is 14.2 Å². The van der Waals surface area contributed by atoms with Gasteiger partial charge in [0.15, 0.2) is 12.6 Å². The van der Waals surface area contributed by atoms with Crippen LogP contribution in [0.5, 0.6) is 11.5 Å². The standard InChI is InChI=1S/C22H38NO8P.C21H37ClNO7P/c1-17(11-12-25-5)23-32(24,31-22(2,3)4)29-14-13-27-15-20-16-28-21(30-20)18-7-9-19(26-6)10-8-18;1-8-27-15-16(2)14-23-31(24,30-21(3,4)5)29-12-11-28-17-9-10-18(19(22)13-17)20(25-6)26-7/h7-10,17,20-21H,11-16H2,1-6H3,(H,23,24);9-10,13,16,20H,8,11-12,14-15H2,1-7H3,(H,23,24). The zero-order chi connectivity index (χ0) is 47.1. The van der Waals surface area contributed by atoms with Crippen LogP contribution in [0.4, 0.5) is 0 Å². The minimum absolute atomic E-state index is 0.0678. The second-order valence-corrected chi connectivity index (χ2v) is 20.5. The lowest BCUT2D eigenvalue weighted by atomic mass is 10.2. The highest BCUT2D eigenvalue weighted by atomic mass is 35.5. The monoisotopic (exact) mass is 956 g/mol. The van der Waals surface area contributed by atoms with Gasteiger partial charge in [0.25, 0.3) is 0 Å². The summed E-state index contributed by atoms with van der Waals surface area (Å²) in [5.74, 6) is 1.48. The van der Waals surface area contributed by atoms with Gasteiger partial charge in [-0.2, -0.15) is 0 Å². The first kappa shape index (κ1) is 57.4. The highest BCUT2D eigenvalue weighted by molar-refractivity contribution is 7.52. The van der Waals surface area contributed by atoms with Crippen molar-refractivity contribution >= 4 is 27.1 Å². The molecule has 63 heavy (non-hydrogen) atoms. The van der Waals surface area contributed by atoms with Gasteiger partial charge >= 0.3 is 15.5 Å². The van der Waals surface area contributed by atoms with Crippen molar-refractivity contribution in [2.24, 2.45) is 5.92 Å². The Balaban J connectivity index is 0.000000434. The molecule has 364 valence electrons. The summed E-state index contributed by atoms with van der Waals surface area (Å²) < 4.78 is 97.9. The van der Waals surface area contributed by atoms with E-state index in [9.17, 15) is 9.13 Å². The van der Waals surface area contributed by atoms with Crippen LogP contribution in [0.15, 0.2) is 42.5 Å². The molecule has 6 atom stereocenters. The number of benzene rings is 2. The Morgan fingerprint density at radius 2 is 1.43 bits per heavy atom. The second-order valence-electron chi connectivity index (χ2n) is 16.6. The molecule has 2 aromatic carbocycles. The van der Waals surface area contributed by atoms with Crippen molar-refractivity contribution < 1.29 is 69.9 Å². The minimum Gasteiger partial charge on any atom is -0.497 e. The zero-order valence-electron chi connectivity index (χ0n) is 39.6. The first-order valence-electron chi connectivity index (χ1n) is 21.1. The van der Waals surface area contributed by atoms with Gasteiger partial charge in [-0.05, 0) is 98.1 Å². The number of halogens is 1. The molecule has 6 unspecified atom stereocenters. The molecule has 1 saturated heterocycles. The Morgan fingerprint density at radius 1 is 0.810 bits per heavy atom. The van der Waals surface area contributed by atoms with E-state index in [0.717, 1.165) is 11.3 Å². The van der Waals surface area contributed by atoms with Crippen LogP contribution in [-0.2, 0) is 60.4 Å². The summed E-state index contributed by atoms with van der Waals surface area (Å²) >= 11 is 6.29. The maximum Gasteiger partial charge on any atom is 0.406 e. The maximum atomic E-state index is 13.2. The van der Waals surface area contributed by atoms with E-state index in [4.69, 9.17) is 72.3 Å². The van der Waals surface area contributed by atoms with E-state index in [2.05, 4.69) is 10.2 Å². The van der Waals surface area contributed by atoms with Crippen molar-refractivity contribution in [3.63, 3.8) is 0 Å². The van der Waals surface area contributed by atoms with Crippen LogP contribution in [-0.4, -0.2) is 118 Å². The van der Waals surface area contributed by atoms with Crippen molar-refractivity contribution in [3.8, 4) is 11.5 Å². The van der Waals surface area contributed by atoms with Gasteiger partial charge in [-0.15, -0.1) is 0 Å². The van der Waals surface area contributed by atoms with Crippen LogP contribution in [0.25, 0.3) is 0 Å². The Labute approximate surface area is 381 Å². The smallest absolute Gasteiger partial charge is 0.406 e. The molecule has 2 N–H and O–H groups in total. The van der Waals surface area contributed by atoms with E-state index in [0.29, 0.717) is 62.3 Å². The topological polar surface area (TPSA) is 178 Å². The molecule has 0 aliphatic carbocycles. The Kier molecular flexibility index (Phi) is 26.5. The average Bonchev–Trinajstić information content (AvgIpc) is 3.69. The van der Waals surface area contributed by atoms with E-state index in [-0.39, 0.29) is 44.5 Å². The van der Waals surface area contributed by atoms with E-state index in [1.54, 1.807) is 32.4 Å². The van der Waals surface area contributed by atoms with Crippen molar-refractivity contribution in [2.75, 3.05) is 94.4 Å². The van der Waals surface area contributed by atoms with Crippen LogP contribution in [0.2, 0.25) is 5.02 Å². The van der Waals surface area contributed by atoms with Gasteiger partial charge < -0.3 is 42.6 Å². The van der Waals surface area contributed by atoms with Gasteiger partial charge in [-0.1, -0.05) is 30.7 Å². The van der Waals surface area contributed by atoms with Crippen LogP contribution in [0, 0.1) is 5.92 Å². The molecule has 1 aliphatic heterocycles. The third-order valence-electron chi connectivity index (χ3n) is 8.36. The number of nitrogens with one attached hydrogen (secondary N) is 2. The molecule has 20 heteroatoms. The number of ether oxygens (including phenoxy) is 9. The molecule has 0 radical (unpaired) electrons. The molecular formula is C43H75ClN2O15P2. The predicted octanol–water partition coefficient (Wildman–Crippen LogP) is 9.29. The summed E-state index contributed by atoms with van der Waals surface area (Å²) in [4.78, 5) is 0. The summed E-state index contributed by atoms with van der Waals surface area (Å²) in [7, 11) is -0.713. The molecule has 0 saturated carbocycles. The molecule has 1 aliphatic rings. The largest absolute Gasteiger partial charge is 0.497 e. The maximum absolute atomic E-state index is 13.2. The van der Waals surface area contributed by atoms with E-state index in [1.807, 2.05) is 86.6 Å². The lowest BCUT2D eigenvalue weighted by Gasteiger charge is -2.29. The summed E-state index contributed by atoms with van der Waals surface area (Å²) in [6.45, 7) is 20.4. The number of hydrogen-bond donors (Lipinski definition) is 2. The van der Waals surface area contributed by atoms with Crippen molar-refractivity contribution in [1.29, 1.82) is 0 Å². The average molecular weight is 957 g/mol. The van der Waals surface area contributed by atoms with Gasteiger partial charge in [0.05, 0.1) is 63.0 Å². The summed E-state index contributed by atoms with van der Waals surface area (Å²) in [6, 6.07) is 12.7. The fourth-order valence-corrected chi connectivity index (χ4v) is 9.47. The first-order valence-corrected chi connectivity index (χ1v) is 24.6. The molecule has 1 heterocycles. The van der Waals surface area contributed by atoms with E-state index < -0.39 is 39.3 Å². The summed E-state index contributed by atoms with van der Waals surface area (Å²) in [6.07, 6.45) is -0.486. The Bertz CT molecular complexity index is 1640. The lowest BCUT2D eigenvalue weighted by Crippen LogP contribution is -2.31. The van der Waals surface area contributed by atoms with Crippen LogP contribution in [0.3, 0.4) is 0 Å².